The summed E-state index contributed by atoms with van der Waals surface area (Å²) in [5.74, 6) is 0.910. The zero-order chi connectivity index (χ0) is 17.4. The average molecular weight is 325 g/mol. The number of benzene rings is 1. The number of anilines is 1. The van der Waals surface area contributed by atoms with Gasteiger partial charge in [0.15, 0.2) is 0 Å². The lowest BCUT2D eigenvalue weighted by Gasteiger charge is -2.23. The van der Waals surface area contributed by atoms with Gasteiger partial charge in [-0.05, 0) is 30.5 Å². The number of carbonyl (C=O) groups is 1. The molecule has 0 N–H and O–H groups in total. The molecule has 1 aromatic heterocycles. The molecule has 1 heterocycles. The fourth-order valence-corrected chi connectivity index (χ4v) is 2.75. The third-order valence-electron chi connectivity index (χ3n) is 3.91. The number of amides is 1. The first-order valence-electron chi connectivity index (χ1n) is 8.66. The van der Waals surface area contributed by atoms with E-state index in [1.54, 1.807) is 17.2 Å². The van der Waals surface area contributed by atoms with E-state index in [0.717, 1.165) is 37.3 Å². The van der Waals surface area contributed by atoms with Gasteiger partial charge in [-0.1, -0.05) is 44.2 Å². The number of hydrogen-bond acceptors (Lipinski definition) is 3. The molecule has 0 aliphatic heterocycles. The van der Waals surface area contributed by atoms with Gasteiger partial charge in [0, 0.05) is 38.4 Å². The third kappa shape index (κ3) is 4.82. The molecule has 0 unspecified atom stereocenters. The van der Waals surface area contributed by atoms with E-state index in [2.05, 4.69) is 23.7 Å². The van der Waals surface area contributed by atoms with Crippen molar-refractivity contribution in [3.8, 4) is 0 Å². The Morgan fingerprint density at radius 3 is 2.33 bits per heavy atom. The van der Waals surface area contributed by atoms with Gasteiger partial charge >= 0.3 is 0 Å². The minimum absolute atomic E-state index is 0.0236. The van der Waals surface area contributed by atoms with E-state index in [9.17, 15) is 4.79 Å². The molecule has 0 saturated carbocycles. The quantitative estimate of drug-likeness (QED) is 0.736. The second-order valence-corrected chi connectivity index (χ2v) is 6.04. The van der Waals surface area contributed by atoms with Crippen molar-refractivity contribution in [2.75, 3.05) is 25.0 Å². The predicted octanol–water partition coefficient (Wildman–Crippen LogP) is 3.98. The summed E-state index contributed by atoms with van der Waals surface area (Å²) < 4.78 is 0. The molecule has 1 aromatic carbocycles. The molecule has 2 rings (SSSR count). The Morgan fingerprint density at radius 2 is 1.71 bits per heavy atom. The van der Waals surface area contributed by atoms with Gasteiger partial charge in [0.25, 0.3) is 5.91 Å². The molecule has 4 heteroatoms. The van der Waals surface area contributed by atoms with E-state index >= 15 is 0 Å². The van der Waals surface area contributed by atoms with Crippen molar-refractivity contribution in [1.82, 2.24) is 9.88 Å². The van der Waals surface area contributed by atoms with Crippen LogP contribution in [0.25, 0.3) is 0 Å². The topological polar surface area (TPSA) is 36.4 Å². The first kappa shape index (κ1) is 18.0. The molecule has 2 aromatic rings. The summed E-state index contributed by atoms with van der Waals surface area (Å²) in [6.07, 6.45) is 3.86. The van der Waals surface area contributed by atoms with E-state index in [1.165, 1.54) is 0 Å². The molecule has 0 atom stereocenters. The molecular formula is C20H27N3O. The van der Waals surface area contributed by atoms with E-state index in [-0.39, 0.29) is 5.91 Å². The highest BCUT2D eigenvalue weighted by Crippen LogP contribution is 2.16. The number of hydrogen-bond donors (Lipinski definition) is 0. The van der Waals surface area contributed by atoms with Gasteiger partial charge < -0.3 is 9.80 Å². The second-order valence-electron chi connectivity index (χ2n) is 6.04. The molecule has 0 spiro atoms. The summed E-state index contributed by atoms with van der Waals surface area (Å²) in [7, 11) is 1.84. The van der Waals surface area contributed by atoms with Crippen molar-refractivity contribution in [3.05, 3.63) is 59.8 Å². The van der Waals surface area contributed by atoms with Crippen LogP contribution in [0.3, 0.4) is 0 Å². The third-order valence-corrected chi connectivity index (χ3v) is 3.91. The lowest BCUT2D eigenvalue weighted by Crippen LogP contribution is -2.28. The fourth-order valence-electron chi connectivity index (χ4n) is 2.75. The van der Waals surface area contributed by atoms with Crippen LogP contribution in [0.1, 0.15) is 42.6 Å². The standard InChI is InChI=1S/C20H27N3O/c1-4-13-23(14-5-2)19-15-18(11-12-21-19)20(24)22(3)16-17-9-7-6-8-10-17/h6-12,15H,4-5,13-14,16H2,1-3H3. The highest BCUT2D eigenvalue weighted by molar-refractivity contribution is 5.94. The minimum Gasteiger partial charge on any atom is -0.357 e. The molecule has 0 bridgehead atoms. The summed E-state index contributed by atoms with van der Waals surface area (Å²) in [5.41, 5.74) is 1.82. The molecule has 0 aliphatic rings. The lowest BCUT2D eigenvalue weighted by molar-refractivity contribution is 0.0785. The summed E-state index contributed by atoms with van der Waals surface area (Å²) in [6, 6.07) is 13.7. The van der Waals surface area contributed by atoms with Gasteiger partial charge in [-0.15, -0.1) is 0 Å². The van der Waals surface area contributed by atoms with Crippen molar-refractivity contribution in [2.24, 2.45) is 0 Å². The monoisotopic (exact) mass is 325 g/mol. The summed E-state index contributed by atoms with van der Waals surface area (Å²) in [5, 5.41) is 0. The van der Waals surface area contributed by atoms with Gasteiger partial charge in [0.05, 0.1) is 0 Å². The molecule has 4 nitrogen and oxygen atoms in total. The maximum Gasteiger partial charge on any atom is 0.254 e. The normalized spacial score (nSPS) is 10.5. The molecule has 0 fully saturated rings. The summed E-state index contributed by atoms with van der Waals surface area (Å²) >= 11 is 0. The van der Waals surface area contributed by atoms with E-state index in [0.29, 0.717) is 12.1 Å². The van der Waals surface area contributed by atoms with Crippen LogP contribution >= 0.6 is 0 Å². The minimum atomic E-state index is 0.0236. The van der Waals surface area contributed by atoms with Crippen LogP contribution < -0.4 is 4.90 Å². The Hall–Kier alpha value is -2.36. The van der Waals surface area contributed by atoms with E-state index in [1.807, 2.05) is 43.4 Å². The highest BCUT2D eigenvalue weighted by Gasteiger charge is 2.14. The maximum absolute atomic E-state index is 12.7. The molecule has 0 radical (unpaired) electrons. The summed E-state index contributed by atoms with van der Waals surface area (Å²) in [6.45, 7) is 6.83. The smallest absolute Gasteiger partial charge is 0.254 e. The zero-order valence-corrected chi connectivity index (χ0v) is 14.9. The zero-order valence-electron chi connectivity index (χ0n) is 14.9. The van der Waals surface area contributed by atoms with Gasteiger partial charge in [-0.3, -0.25) is 4.79 Å². The molecule has 24 heavy (non-hydrogen) atoms. The van der Waals surface area contributed by atoms with Gasteiger partial charge in [0.2, 0.25) is 0 Å². The second kappa shape index (κ2) is 9.06. The van der Waals surface area contributed by atoms with Crippen molar-refractivity contribution in [2.45, 2.75) is 33.2 Å². The first-order chi connectivity index (χ1) is 11.7. The van der Waals surface area contributed by atoms with Crippen LogP contribution in [-0.4, -0.2) is 35.9 Å². The SMILES string of the molecule is CCCN(CCC)c1cc(C(=O)N(C)Cc2ccccc2)ccn1. The largest absolute Gasteiger partial charge is 0.357 e. The summed E-state index contributed by atoms with van der Waals surface area (Å²) in [4.78, 5) is 21.2. The van der Waals surface area contributed by atoms with Gasteiger partial charge in [-0.2, -0.15) is 0 Å². The van der Waals surface area contributed by atoms with Gasteiger partial charge in [0.1, 0.15) is 5.82 Å². The van der Waals surface area contributed by atoms with Crippen LogP contribution in [0.15, 0.2) is 48.7 Å². The molecule has 128 valence electrons. The Morgan fingerprint density at radius 1 is 1.04 bits per heavy atom. The Bertz CT molecular complexity index is 636. The number of aromatic nitrogens is 1. The maximum atomic E-state index is 12.7. The van der Waals surface area contributed by atoms with Crippen LogP contribution in [0.5, 0.6) is 0 Å². The predicted molar refractivity (Wildman–Crippen MR) is 99.3 cm³/mol. The van der Waals surface area contributed by atoms with Crippen molar-refractivity contribution in [1.29, 1.82) is 0 Å². The molecule has 1 amide bonds. The number of rotatable bonds is 8. The van der Waals surface area contributed by atoms with Crippen LogP contribution in [0.4, 0.5) is 5.82 Å². The average Bonchev–Trinajstić information content (AvgIpc) is 2.62. The van der Waals surface area contributed by atoms with E-state index < -0.39 is 0 Å². The highest BCUT2D eigenvalue weighted by atomic mass is 16.2. The van der Waals surface area contributed by atoms with Crippen molar-refractivity contribution >= 4 is 11.7 Å². The van der Waals surface area contributed by atoms with Crippen LogP contribution in [0.2, 0.25) is 0 Å². The molecule has 0 saturated heterocycles. The first-order valence-corrected chi connectivity index (χ1v) is 8.66. The Balaban J connectivity index is 2.13. The number of pyridine rings is 1. The fraction of sp³-hybridized carbons (Fsp3) is 0.400. The molecular weight excluding hydrogens is 298 g/mol. The molecule has 0 aliphatic carbocycles. The number of carbonyl (C=O) groups excluding carboxylic acids is 1. The Kier molecular flexibility index (Phi) is 6.79. The van der Waals surface area contributed by atoms with Crippen molar-refractivity contribution in [3.63, 3.8) is 0 Å². The van der Waals surface area contributed by atoms with Crippen LogP contribution in [0, 0.1) is 0 Å². The van der Waals surface area contributed by atoms with Crippen molar-refractivity contribution < 1.29 is 4.79 Å². The van der Waals surface area contributed by atoms with Gasteiger partial charge in [-0.25, -0.2) is 4.98 Å². The van der Waals surface area contributed by atoms with Crippen LogP contribution in [-0.2, 0) is 6.54 Å². The number of nitrogens with zero attached hydrogens (tertiary/aromatic N) is 3. The lowest BCUT2D eigenvalue weighted by atomic mass is 10.2. The van der Waals surface area contributed by atoms with E-state index in [4.69, 9.17) is 0 Å². The Labute approximate surface area is 145 Å².